The van der Waals surface area contributed by atoms with Crippen molar-refractivity contribution in [1.82, 2.24) is 0 Å². The van der Waals surface area contributed by atoms with Gasteiger partial charge in [-0.1, -0.05) is 49.7 Å². The second-order valence-electron chi connectivity index (χ2n) is 6.93. The maximum Gasteiger partial charge on any atom is 0.326 e. The number of Topliss-reactive ketones (excluding diaryl/α,β-unsaturated/α-hetero) is 1. The van der Waals surface area contributed by atoms with Gasteiger partial charge in [0.2, 0.25) is 5.91 Å². The van der Waals surface area contributed by atoms with Gasteiger partial charge >= 0.3 is 5.97 Å². The van der Waals surface area contributed by atoms with Gasteiger partial charge in [0, 0.05) is 5.56 Å². The fraction of sp³-hybridized carbons (Fsp3) is 0.348. The van der Waals surface area contributed by atoms with Crippen LogP contribution in [0.1, 0.15) is 42.1 Å². The molecule has 152 valence electrons. The van der Waals surface area contributed by atoms with E-state index < -0.39 is 5.97 Å². The lowest BCUT2D eigenvalue weighted by molar-refractivity contribution is -0.141. The van der Waals surface area contributed by atoms with Gasteiger partial charge in [0.05, 0.1) is 18.7 Å². The molecule has 0 unspecified atom stereocenters. The first-order chi connectivity index (χ1) is 14.1. The molecule has 0 aromatic heterocycles. The molecule has 1 heterocycles. The van der Waals surface area contributed by atoms with Crippen molar-refractivity contribution in [2.75, 3.05) is 24.7 Å². The summed E-state index contributed by atoms with van der Waals surface area (Å²) in [5.41, 5.74) is 2.21. The minimum Gasteiger partial charge on any atom is -0.491 e. The topological polar surface area (TPSA) is 72.9 Å². The molecule has 0 radical (unpaired) electrons. The van der Waals surface area contributed by atoms with E-state index >= 15 is 0 Å². The molecule has 0 saturated heterocycles. The largest absolute Gasteiger partial charge is 0.491 e. The zero-order valence-corrected chi connectivity index (χ0v) is 16.6. The van der Waals surface area contributed by atoms with Crippen molar-refractivity contribution in [3.05, 3.63) is 59.7 Å². The maximum absolute atomic E-state index is 12.4. The lowest BCUT2D eigenvalue weighted by atomic mass is 10.0. The molecule has 0 bridgehead atoms. The van der Waals surface area contributed by atoms with Gasteiger partial charge in [0.1, 0.15) is 12.3 Å². The van der Waals surface area contributed by atoms with E-state index in [1.165, 1.54) is 10.5 Å². The standard InChI is InChI=1S/C23H25NO5/c1-2-3-6-17-9-11-18(12-10-17)20(25)16-29-23(27)15-24-19-7-4-5-8-21(19)28-14-13-22(24)26/h4-5,7-12H,2-3,6,13-16H2,1H3. The summed E-state index contributed by atoms with van der Waals surface area (Å²) in [5, 5.41) is 0. The van der Waals surface area contributed by atoms with E-state index in [9.17, 15) is 14.4 Å². The fourth-order valence-electron chi connectivity index (χ4n) is 3.14. The summed E-state index contributed by atoms with van der Waals surface area (Å²) in [5.74, 6) is -0.583. The number of carbonyl (C=O) groups excluding carboxylic acids is 3. The number of amides is 1. The number of fused-ring (bicyclic) bond motifs is 1. The predicted molar refractivity (Wildman–Crippen MR) is 109 cm³/mol. The van der Waals surface area contributed by atoms with Crippen molar-refractivity contribution >= 4 is 23.3 Å². The molecule has 0 spiro atoms. The molecule has 0 aliphatic carbocycles. The number of carbonyl (C=O) groups is 3. The van der Waals surface area contributed by atoms with Crippen LogP contribution in [-0.4, -0.2) is 37.4 Å². The van der Waals surface area contributed by atoms with Crippen LogP contribution in [0.4, 0.5) is 5.69 Å². The quantitative estimate of drug-likeness (QED) is 0.505. The van der Waals surface area contributed by atoms with Gasteiger partial charge in [0.25, 0.3) is 0 Å². The Labute approximate surface area is 170 Å². The average molecular weight is 395 g/mol. The number of para-hydroxylation sites is 2. The summed E-state index contributed by atoms with van der Waals surface area (Å²) in [4.78, 5) is 38.3. The lowest BCUT2D eigenvalue weighted by Crippen LogP contribution is -2.36. The van der Waals surface area contributed by atoms with E-state index in [1.54, 1.807) is 36.4 Å². The first-order valence-electron chi connectivity index (χ1n) is 9.88. The van der Waals surface area contributed by atoms with Crippen LogP contribution in [0, 0.1) is 0 Å². The smallest absolute Gasteiger partial charge is 0.326 e. The molecule has 2 aromatic carbocycles. The van der Waals surface area contributed by atoms with E-state index in [1.807, 2.05) is 12.1 Å². The van der Waals surface area contributed by atoms with Crippen molar-refractivity contribution in [1.29, 1.82) is 0 Å². The van der Waals surface area contributed by atoms with Crippen molar-refractivity contribution < 1.29 is 23.9 Å². The first kappa shape index (κ1) is 20.6. The number of nitrogens with zero attached hydrogens (tertiary/aromatic N) is 1. The Morgan fingerprint density at radius 3 is 2.62 bits per heavy atom. The van der Waals surface area contributed by atoms with Crippen molar-refractivity contribution in [2.45, 2.75) is 32.6 Å². The lowest BCUT2D eigenvalue weighted by Gasteiger charge is -2.20. The van der Waals surface area contributed by atoms with E-state index in [-0.39, 0.29) is 37.9 Å². The summed E-state index contributed by atoms with van der Waals surface area (Å²) in [6.07, 6.45) is 3.38. The van der Waals surface area contributed by atoms with Crippen molar-refractivity contribution in [3.8, 4) is 5.75 Å². The summed E-state index contributed by atoms with van der Waals surface area (Å²) in [6, 6.07) is 14.4. The van der Waals surface area contributed by atoms with Crippen LogP contribution in [0.2, 0.25) is 0 Å². The molecular weight excluding hydrogens is 370 g/mol. The Kier molecular flexibility index (Phi) is 7.00. The van der Waals surface area contributed by atoms with E-state index in [0.29, 0.717) is 17.0 Å². The number of anilines is 1. The third-order valence-corrected chi connectivity index (χ3v) is 4.78. The highest BCUT2D eigenvalue weighted by Gasteiger charge is 2.25. The molecule has 1 aliphatic heterocycles. The van der Waals surface area contributed by atoms with Gasteiger partial charge in [-0.3, -0.25) is 19.3 Å². The zero-order chi connectivity index (χ0) is 20.6. The zero-order valence-electron chi connectivity index (χ0n) is 16.6. The third-order valence-electron chi connectivity index (χ3n) is 4.78. The SMILES string of the molecule is CCCCc1ccc(C(=O)COC(=O)CN2C(=O)CCOc3ccccc32)cc1. The van der Waals surface area contributed by atoms with E-state index in [2.05, 4.69) is 6.92 Å². The van der Waals surface area contributed by atoms with E-state index in [0.717, 1.165) is 19.3 Å². The van der Waals surface area contributed by atoms with Crippen molar-refractivity contribution in [3.63, 3.8) is 0 Å². The molecule has 0 N–H and O–H groups in total. The monoisotopic (exact) mass is 395 g/mol. The highest BCUT2D eigenvalue weighted by atomic mass is 16.5. The summed E-state index contributed by atoms with van der Waals surface area (Å²) < 4.78 is 10.7. The molecule has 29 heavy (non-hydrogen) atoms. The number of unbranched alkanes of at least 4 members (excludes halogenated alkanes) is 1. The Bertz CT molecular complexity index is 875. The molecular formula is C23H25NO5. The molecule has 6 heteroatoms. The molecule has 0 fully saturated rings. The number of hydrogen-bond donors (Lipinski definition) is 0. The van der Waals surface area contributed by atoms with Gasteiger partial charge in [-0.2, -0.15) is 0 Å². The minimum atomic E-state index is -0.636. The summed E-state index contributed by atoms with van der Waals surface area (Å²) in [6.45, 7) is 1.78. The second kappa shape index (κ2) is 9.87. The highest BCUT2D eigenvalue weighted by molar-refractivity contribution is 6.01. The third kappa shape index (κ3) is 5.44. The summed E-state index contributed by atoms with van der Waals surface area (Å²) in [7, 11) is 0. The Morgan fingerprint density at radius 2 is 1.86 bits per heavy atom. The first-order valence-corrected chi connectivity index (χ1v) is 9.88. The second-order valence-corrected chi connectivity index (χ2v) is 6.93. The molecule has 1 amide bonds. The van der Waals surface area contributed by atoms with Gasteiger partial charge in [-0.25, -0.2) is 0 Å². The van der Waals surface area contributed by atoms with Crippen LogP contribution in [0.5, 0.6) is 5.75 Å². The number of rotatable bonds is 8. The maximum atomic E-state index is 12.4. The van der Waals surface area contributed by atoms with Gasteiger partial charge in [-0.05, 0) is 30.5 Å². The minimum absolute atomic E-state index is 0.172. The number of esters is 1. The molecule has 1 aliphatic rings. The molecule has 6 nitrogen and oxygen atoms in total. The van der Waals surface area contributed by atoms with Crippen LogP contribution in [0.3, 0.4) is 0 Å². The average Bonchev–Trinajstić information content (AvgIpc) is 2.90. The van der Waals surface area contributed by atoms with Crippen LogP contribution < -0.4 is 9.64 Å². The summed E-state index contributed by atoms with van der Waals surface area (Å²) >= 11 is 0. The number of ether oxygens (including phenoxy) is 2. The molecule has 3 rings (SSSR count). The van der Waals surface area contributed by atoms with Gasteiger partial charge in [0.15, 0.2) is 12.4 Å². The van der Waals surface area contributed by atoms with Gasteiger partial charge in [-0.15, -0.1) is 0 Å². The Hall–Kier alpha value is -3.15. The number of aryl methyl sites for hydroxylation is 1. The van der Waals surface area contributed by atoms with Crippen LogP contribution in [-0.2, 0) is 20.7 Å². The van der Waals surface area contributed by atoms with Crippen LogP contribution in [0.25, 0.3) is 0 Å². The van der Waals surface area contributed by atoms with E-state index in [4.69, 9.17) is 9.47 Å². The fourth-order valence-corrected chi connectivity index (χ4v) is 3.14. The number of benzene rings is 2. The number of hydrogen-bond acceptors (Lipinski definition) is 5. The normalized spacial score (nSPS) is 13.3. The Morgan fingerprint density at radius 1 is 1.10 bits per heavy atom. The Balaban J connectivity index is 1.57. The molecule has 2 aromatic rings. The van der Waals surface area contributed by atoms with Crippen LogP contribution >= 0.6 is 0 Å². The van der Waals surface area contributed by atoms with Crippen molar-refractivity contribution in [2.24, 2.45) is 0 Å². The molecule has 0 saturated carbocycles. The molecule has 0 atom stereocenters. The predicted octanol–water partition coefficient (Wildman–Crippen LogP) is 3.57. The van der Waals surface area contributed by atoms with Gasteiger partial charge < -0.3 is 9.47 Å². The number of ketones is 1. The highest BCUT2D eigenvalue weighted by Crippen LogP contribution is 2.30. The van der Waals surface area contributed by atoms with Crippen LogP contribution in [0.15, 0.2) is 48.5 Å².